The third-order valence-electron chi connectivity index (χ3n) is 2.29. The van der Waals surface area contributed by atoms with Gasteiger partial charge in [0.15, 0.2) is 5.96 Å². The SMILES string of the molecule is CCN(CCNC(=NC)NC)C(C)C. The highest BCUT2D eigenvalue weighted by molar-refractivity contribution is 5.79. The van der Waals surface area contributed by atoms with Gasteiger partial charge in [-0.2, -0.15) is 0 Å². The standard InChI is InChI=1S/C10H24N4/c1-6-14(9(2)3)8-7-13-10(11-4)12-5/h9H,6-8H2,1-5H3,(H2,11,12,13). The lowest BCUT2D eigenvalue weighted by Crippen LogP contribution is -2.41. The van der Waals surface area contributed by atoms with Gasteiger partial charge in [0.1, 0.15) is 0 Å². The number of rotatable bonds is 5. The molecule has 0 radical (unpaired) electrons. The summed E-state index contributed by atoms with van der Waals surface area (Å²) in [5.74, 6) is 0.852. The van der Waals surface area contributed by atoms with Crippen molar-refractivity contribution in [2.24, 2.45) is 4.99 Å². The molecule has 0 saturated heterocycles. The van der Waals surface area contributed by atoms with Crippen LogP contribution in [0.1, 0.15) is 20.8 Å². The lowest BCUT2D eigenvalue weighted by atomic mass is 10.3. The normalized spacial score (nSPS) is 12.4. The van der Waals surface area contributed by atoms with Crippen LogP contribution in [0, 0.1) is 0 Å². The van der Waals surface area contributed by atoms with Crippen LogP contribution in [-0.4, -0.2) is 50.6 Å². The summed E-state index contributed by atoms with van der Waals surface area (Å²) in [5.41, 5.74) is 0. The summed E-state index contributed by atoms with van der Waals surface area (Å²) in [4.78, 5) is 6.46. The first-order chi connectivity index (χ1) is 6.65. The van der Waals surface area contributed by atoms with Crippen molar-refractivity contribution in [3.8, 4) is 0 Å². The molecule has 0 aliphatic carbocycles. The summed E-state index contributed by atoms with van der Waals surface area (Å²) in [6.45, 7) is 9.70. The van der Waals surface area contributed by atoms with Crippen LogP contribution in [0.3, 0.4) is 0 Å². The van der Waals surface area contributed by atoms with Gasteiger partial charge in [0.25, 0.3) is 0 Å². The summed E-state index contributed by atoms with van der Waals surface area (Å²) in [6, 6.07) is 0.610. The maximum Gasteiger partial charge on any atom is 0.190 e. The van der Waals surface area contributed by atoms with E-state index in [0.29, 0.717) is 6.04 Å². The van der Waals surface area contributed by atoms with Crippen molar-refractivity contribution in [3.05, 3.63) is 0 Å². The Morgan fingerprint density at radius 2 is 2.07 bits per heavy atom. The second kappa shape index (κ2) is 7.62. The van der Waals surface area contributed by atoms with Gasteiger partial charge in [-0.3, -0.25) is 9.89 Å². The maximum atomic E-state index is 4.05. The monoisotopic (exact) mass is 200 g/mol. The zero-order valence-electron chi connectivity index (χ0n) is 10.1. The highest BCUT2D eigenvalue weighted by Crippen LogP contribution is 1.94. The number of guanidine groups is 1. The highest BCUT2D eigenvalue weighted by Gasteiger charge is 2.05. The van der Waals surface area contributed by atoms with Crippen molar-refractivity contribution in [1.29, 1.82) is 0 Å². The minimum absolute atomic E-state index is 0.610. The van der Waals surface area contributed by atoms with Crippen LogP contribution in [-0.2, 0) is 0 Å². The summed E-state index contributed by atoms with van der Waals surface area (Å²) < 4.78 is 0. The first kappa shape index (κ1) is 13.2. The molecule has 0 aromatic heterocycles. The Morgan fingerprint density at radius 3 is 2.43 bits per heavy atom. The molecular weight excluding hydrogens is 176 g/mol. The molecule has 0 aliphatic heterocycles. The Morgan fingerprint density at radius 1 is 1.43 bits per heavy atom. The fourth-order valence-electron chi connectivity index (χ4n) is 1.38. The van der Waals surface area contributed by atoms with E-state index >= 15 is 0 Å². The third kappa shape index (κ3) is 5.07. The van der Waals surface area contributed by atoms with Gasteiger partial charge in [0.05, 0.1) is 0 Å². The summed E-state index contributed by atoms with van der Waals surface area (Å²) in [5, 5.41) is 6.23. The number of hydrogen-bond donors (Lipinski definition) is 2. The topological polar surface area (TPSA) is 39.7 Å². The maximum absolute atomic E-state index is 4.05. The van der Waals surface area contributed by atoms with E-state index in [2.05, 4.69) is 41.3 Å². The molecule has 0 aliphatic rings. The molecule has 0 aromatic rings. The van der Waals surface area contributed by atoms with E-state index in [1.807, 2.05) is 7.05 Å². The predicted molar refractivity (Wildman–Crippen MR) is 62.8 cm³/mol. The average molecular weight is 200 g/mol. The van der Waals surface area contributed by atoms with Crippen molar-refractivity contribution < 1.29 is 0 Å². The van der Waals surface area contributed by atoms with Crippen molar-refractivity contribution in [2.45, 2.75) is 26.8 Å². The van der Waals surface area contributed by atoms with Crippen LogP contribution < -0.4 is 10.6 Å². The number of nitrogens with one attached hydrogen (secondary N) is 2. The Balaban J connectivity index is 3.71. The van der Waals surface area contributed by atoms with Crippen LogP contribution in [0.15, 0.2) is 4.99 Å². The van der Waals surface area contributed by atoms with Gasteiger partial charge in [0.2, 0.25) is 0 Å². The second-order valence-corrected chi connectivity index (χ2v) is 3.47. The molecule has 4 heteroatoms. The second-order valence-electron chi connectivity index (χ2n) is 3.47. The largest absolute Gasteiger partial charge is 0.359 e. The van der Waals surface area contributed by atoms with Crippen LogP contribution in [0.5, 0.6) is 0 Å². The quantitative estimate of drug-likeness (QED) is 0.502. The zero-order chi connectivity index (χ0) is 11.0. The lowest BCUT2D eigenvalue weighted by Gasteiger charge is -2.24. The molecule has 0 bridgehead atoms. The smallest absolute Gasteiger partial charge is 0.190 e. The Bertz CT molecular complexity index is 166. The molecule has 0 amide bonds. The number of aliphatic imine (C=N–C) groups is 1. The van der Waals surface area contributed by atoms with E-state index in [1.54, 1.807) is 7.05 Å². The van der Waals surface area contributed by atoms with Crippen LogP contribution >= 0.6 is 0 Å². The molecule has 0 rings (SSSR count). The first-order valence-electron chi connectivity index (χ1n) is 5.28. The van der Waals surface area contributed by atoms with E-state index in [0.717, 1.165) is 25.6 Å². The van der Waals surface area contributed by atoms with Gasteiger partial charge >= 0.3 is 0 Å². The predicted octanol–water partition coefficient (Wildman–Crippen LogP) is 0.512. The van der Waals surface area contributed by atoms with Crippen molar-refractivity contribution >= 4 is 5.96 Å². The minimum Gasteiger partial charge on any atom is -0.359 e. The van der Waals surface area contributed by atoms with Gasteiger partial charge in [-0.1, -0.05) is 6.92 Å². The Hall–Kier alpha value is -0.770. The van der Waals surface area contributed by atoms with E-state index < -0.39 is 0 Å². The van der Waals surface area contributed by atoms with E-state index in [-0.39, 0.29) is 0 Å². The molecule has 4 nitrogen and oxygen atoms in total. The number of likely N-dealkylation sites (N-methyl/N-ethyl adjacent to an activating group) is 1. The van der Waals surface area contributed by atoms with Crippen LogP contribution in [0.25, 0.3) is 0 Å². The van der Waals surface area contributed by atoms with Gasteiger partial charge in [-0.25, -0.2) is 0 Å². The lowest BCUT2D eigenvalue weighted by molar-refractivity contribution is 0.237. The molecule has 2 N–H and O–H groups in total. The molecule has 0 fully saturated rings. The molecule has 84 valence electrons. The highest BCUT2D eigenvalue weighted by atomic mass is 15.2. The molecule has 0 spiro atoms. The zero-order valence-corrected chi connectivity index (χ0v) is 10.1. The van der Waals surface area contributed by atoms with Crippen LogP contribution in [0.2, 0.25) is 0 Å². The molecule has 0 aromatic carbocycles. The van der Waals surface area contributed by atoms with Crippen LogP contribution in [0.4, 0.5) is 0 Å². The minimum atomic E-state index is 0.610. The van der Waals surface area contributed by atoms with Gasteiger partial charge < -0.3 is 10.6 Å². The van der Waals surface area contributed by atoms with E-state index in [4.69, 9.17) is 0 Å². The molecular formula is C10H24N4. The number of hydrogen-bond acceptors (Lipinski definition) is 2. The Kier molecular flexibility index (Phi) is 7.20. The van der Waals surface area contributed by atoms with Gasteiger partial charge in [-0.15, -0.1) is 0 Å². The Labute approximate surface area is 87.8 Å². The molecule has 14 heavy (non-hydrogen) atoms. The molecule has 0 heterocycles. The van der Waals surface area contributed by atoms with Crippen molar-refractivity contribution in [2.75, 3.05) is 33.7 Å². The van der Waals surface area contributed by atoms with Gasteiger partial charge in [0, 0.05) is 33.2 Å². The molecule has 0 atom stereocenters. The van der Waals surface area contributed by atoms with E-state index in [9.17, 15) is 0 Å². The average Bonchev–Trinajstić information content (AvgIpc) is 2.18. The van der Waals surface area contributed by atoms with Gasteiger partial charge in [-0.05, 0) is 20.4 Å². The molecule has 0 saturated carbocycles. The molecule has 0 unspecified atom stereocenters. The fraction of sp³-hybridized carbons (Fsp3) is 0.900. The third-order valence-corrected chi connectivity index (χ3v) is 2.29. The fourth-order valence-corrected chi connectivity index (χ4v) is 1.38. The summed E-state index contributed by atoms with van der Waals surface area (Å²) in [6.07, 6.45) is 0. The van der Waals surface area contributed by atoms with Crippen molar-refractivity contribution in [3.63, 3.8) is 0 Å². The van der Waals surface area contributed by atoms with Crippen molar-refractivity contribution in [1.82, 2.24) is 15.5 Å². The van der Waals surface area contributed by atoms with E-state index in [1.165, 1.54) is 0 Å². The number of nitrogens with zero attached hydrogens (tertiary/aromatic N) is 2. The first-order valence-corrected chi connectivity index (χ1v) is 5.28. The summed E-state index contributed by atoms with van der Waals surface area (Å²) >= 11 is 0. The summed E-state index contributed by atoms with van der Waals surface area (Å²) in [7, 11) is 3.65.